The number of rotatable bonds is 11. The maximum absolute atomic E-state index is 3.75. The lowest BCUT2D eigenvalue weighted by Crippen LogP contribution is -2.39. The molecule has 0 radical (unpaired) electrons. The Morgan fingerprint density at radius 2 is 1.75 bits per heavy atom. The van der Waals surface area contributed by atoms with Crippen molar-refractivity contribution in [1.29, 1.82) is 0 Å². The number of nitrogens with one attached hydrogen (secondary N) is 1. The SMILES string of the molecule is C=CCCCCCCC(C)(C)NCCCC. The van der Waals surface area contributed by atoms with Gasteiger partial charge in [0.05, 0.1) is 0 Å². The Kier molecular flexibility index (Phi) is 9.71. The van der Waals surface area contributed by atoms with Crippen LogP contribution in [0.3, 0.4) is 0 Å². The molecule has 0 bridgehead atoms. The Labute approximate surface area is 103 Å². The third-order valence-corrected chi connectivity index (χ3v) is 3.09. The third kappa shape index (κ3) is 10.2. The Bertz CT molecular complexity index is 161. The van der Waals surface area contributed by atoms with Crippen LogP contribution in [0.1, 0.15) is 72.1 Å². The average molecular weight is 225 g/mol. The first kappa shape index (κ1) is 15.7. The minimum Gasteiger partial charge on any atom is -0.312 e. The summed E-state index contributed by atoms with van der Waals surface area (Å²) in [5.74, 6) is 0. The Balaban J connectivity index is 3.38. The second kappa shape index (κ2) is 9.89. The highest BCUT2D eigenvalue weighted by atomic mass is 14.9. The van der Waals surface area contributed by atoms with Crippen molar-refractivity contribution in [3.63, 3.8) is 0 Å². The van der Waals surface area contributed by atoms with Crippen molar-refractivity contribution in [2.45, 2.75) is 77.7 Å². The molecule has 0 spiro atoms. The van der Waals surface area contributed by atoms with Crippen LogP contribution in [0.5, 0.6) is 0 Å². The summed E-state index contributed by atoms with van der Waals surface area (Å²) in [6, 6.07) is 0. The third-order valence-electron chi connectivity index (χ3n) is 3.09. The molecule has 0 aliphatic rings. The fourth-order valence-corrected chi connectivity index (χ4v) is 1.90. The molecule has 0 saturated heterocycles. The van der Waals surface area contributed by atoms with Gasteiger partial charge in [0.25, 0.3) is 0 Å². The van der Waals surface area contributed by atoms with Gasteiger partial charge in [0.2, 0.25) is 0 Å². The van der Waals surface area contributed by atoms with Gasteiger partial charge in [0.15, 0.2) is 0 Å². The van der Waals surface area contributed by atoms with Crippen LogP contribution in [0, 0.1) is 0 Å². The summed E-state index contributed by atoms with van der Waals surface area (Å²) in [7, 11) is 0. The zero-order valence-corrected chi connectivity index (χ0v) is 11.6. The normalized spacial score (nSPS) is 11.7. The van der Waals surface area contributed by atoms with E-state index >= 15 is 0 Å². The van der Waals surface area contributed by atoms with Crippen LogP contribution < -0.4 is 5.32 Å². The predicted molar refractivity (Wildman–Crippen MR) is 74.9 cm³/mol. The van der Waals surface area contributed by atoms with E-state index in [0.717, 1.165) is 0 Å². The summed E-state index contributed by atoms with van der Waals surface area (Å²) < 4.78 is 0. The maximum Gasteiger partial charge on any atom is 0.0125 e. The standard InChI is InChI=1S/C15H31N/c1-5-7-9-10-11-12-13-15(3,4)16-14-8-6-2/h5,16H,1,6-14H2,2-4H3. The van der Waals surface area contributed by atoms with E-state index in [-0.39, 0.29) is 0 Å². The van der Waals surface area contributed by atoms with Gasteiger partial charge in [0, 0.05) is 5.54 Å². The summed E-state index contributed by atoms with van der Waals surface area (Å²) in [6.07, 6.45) is 12.5. The smallest absolute Gasteiger partial charge is 0.0125 e. The van der Waals surface area contributed by atoms with Crippen LogP contribution in [0.4, 0.5) is 0 Å². The molecule has 0 aliphatic heterocycles. The molecule has 0 aliphatic carbocycles. The molecular weight excluding hydrogens is 194 g/mol. The van der Waals surface area contributed by atoms with Crippen LogP contribution in [0.25, 0.3) is 0 Å². The van der Waals surface area contributed by atoms with Gasteiger partial charge in [-0.1, -0.05) is 38.7 Å². The van der Waals surface area contributed by atoms with Crippen molar-refractivity contribution in [2.24, 2.45) is 0 Å². The summed E-state index contributed by atoms with van der Waals surface area (Å²) in [5, 5.41) is 3.65. The Morgan fingerprint density at radius 3 is 2.38 bits per heavy atom. The highest BCUT2D eigenvalue weighted by molar-refractivity contribution is 4.77. The molecule has 0 saturated carbocycles. The molecule has 0 atom stereocenters. The van der Waals surface area contributed by atoms with E-state index in [1.165, 1.54) is 57.9 Å². The molecule has 0 unspecified atom stereocenters. The highest BCUT2D eigenvalue weighted by Crippen LogP contribution is 2.15. The predicted octanol–water partition coefficient (Wildman–Crippen LogP) is 4.68. The van der Waals surface area contributed by atoms with Crippen molar-refractivity contribution >= 4 is 0 Å². The van der Waals surface area contributed by atoms with Crippen molar-refractivity contribution in [2.75, 3.05) is 6.54 Å². The molecule has 0 heterocycles. The quantitative estimate of drug-likeness (QED) is 0.397. The van der Waals surface area contributed by atoms with Crippen LogP contribution >= 0.6 is 0 Å². The Morgan fingerprint density at radius 1 is 1.06 bits per heavy atom. The zero-order chi connectivity index (χ0) is 12.3. The monoisotopic (exact) mass is 225 g/mol. The molecule has 0 aromatic rings. The first-order valence-corrected chi connectivity index (χ1v) is 6.98. The first-order chi connectivity index (χ1) is 7.62. The molecule has 1 nitrogen and oxygen atoms in total. The van der Waals surface area contributed by atoms with Gasteiger partial charge in [-0.2, -0.15) is 0 Å². The van der Waals surface area contributed by atoms with E-state index in [9.17, 15) is 0 Å². The molecule has 1 N–H and O–H groups in total. The maximum atomic E-state index is 3.75. The van der Waals surface area contributed by atoms with Crippen molar-refractivity contribution in [3.05, 3.63) is 12.7 Å². The number of unbranched alkanes of at least 4 members (excludes halogenated alkanes) is 5. The van der Waals surface area contributed by atoms with Gasteiger partial charge >= 0.3 is 0 Å². The minimum absolute atomic E-state index is 0.327. The average Bonchev–Trinajstić information content (AvgIpc) is 2.23. The number of allylic oxidation sites excluding steroid dienone is 1. The fraction of sp³-hybridized carbons (Fsp3) is 0.867. The van der Waals surface area contributed by atoms with Gasteiger partial charge < -0.3 is 5.32 Å². The molecule has 0 aromatic carbocycles. The summed E-state index contributed by atoms with van der Waals surface area (Å²) in [5.41, 5.74) is 0.327. The van der Waals surface area contributed by atoms with Crippen LogP contribution in [0.15, 0.2) is 12.7 Å². The fourth-order valence-electron chi connectivity index (χ4n) is 1.90. The zero-order valence-electron chi connectivity index (χ0n) is 11.6. The molecule has 0 amide bonds. The van der Waals surface area contributed by atoms with Gasteiger partial charge in [0.1, 0.15) is 0 Å². The van der Waals surface area contributed by atoms with E-state index < -0.39 is 0 Å². The molecule has 96 valence electrons. The molecular formula is C15H31N. The van der Waals surface area contributed by atoms with Crippen molar-refractivity contribution in [3.8, 4) is 0 Å². The summed E-state index contributed by atoms with van der Waals surface area (Å²) in [4.78, 5) is 0. The molecule has 0 rings (SSSR count). The minimum atomic E-state index is 0.327. The lowest BCUT2D eigenvalue weighted by molar-refractivity contribution is 0.345. The van der Waals surface area contributed by atoms with Gasteiger partial charge in [-0.25, -0.2) is 0 Å². The van der Waals surface area contributed by atoms with E-state index in [0.29, 0.717) is 5.54 Å². The van der Waals surface area contributed by atoms with Crippen molar-refractivity contribution < 1.29 is 0 Å². The number of hydrogen-bond donors (Lipinski definition) is 1. The second-order valence-electron chi connectivity index (χ2n) is 5.41. The first-order valence-electron chi connectivity index (χ1n) is 6.98. The summed E-state index contributed by atoms with van der Waals surface area (Å²) >= 11 is 0. The highest BCUT2D eigenvalue weighted by Gasteiger charge is 2.15. The van der Waals surface area contributed by atoms with Crippen molar-refractivity contribution in [1.82, 2.24) is 5.32 Å². The van der Waals surface area contributed by atoms with E-state index in [2.05, 4.69) is 32.7 Å². The molecule has 1 heteroatoms. The molecule has 0 aromatic heterocycles. The van der Waals surface area contributed by atoms with Gasteiger partial charge in [-0.15, -0.1) is 6.58 Å². The largest absolute Gasteiger partial charge is 0.312 e. The Hall–Kier alpha value is -0.300. The van der Waals surface area contributed by atoms with Gasteiger partial charge in [-0.3, -0.25) is 0 Å². The van der Waals surface area contributed by atoms with Gasteiger partial charge in [-0.05, 0) is 46.1 Å². The molecule has 0 fully saturated rings. The van der Waals surface area contributed by atoms with E-state index in [1.54, 1.807) is 0 Å². The number of hydrogen-bond acceptors (Lipinski definition) is 1. The van der Waals surface area contributed by atoms with Crippen LogP contribution in [-0.2, 0) is 0 Å². The van der Waals surface area contributed by atoms with Crippen LogP contribution in [-0.4, -0.2) is 12.1 Å². The molecule has 16 heavy (non-hydrogen) atoms. The second-order valence-corrected chi connectivity index (χ2v) is 5.41. The summed E-state index contributed by atoms with van der Waals surface area (Å²) in [6.45, 7) is 11.8. The lowest BCUT2D eigenvalue weighted by atomic mass is 9.96. The van der Waals surface area contributed by atoms with Crippen LogP contribution in [0.2, 0.25) is 0 Å². The van der Waals surface area contributed by atoms with E-state index in [4.69, 9.17) is 0 Å². The van der Waals surface area contributed by atoms with E-state index in [1.807, 2.05) is 6.08 Å². The topological polar surface area (TPSA) is 12.0 Å². The lowest BCUT2D eigenvalue weighted by Gasteiger charge is -2.26.